The molecule has 0 saturated carbocycles. The van der Waals surface area contributed by atoms with E-state index in [1.54, 1.807) is 37.3 Å². The van der Waals surface area contributed by atoms with Crippen LogP contribution in [0, 0.1) is 0 Å². The van der Waals surface area contributed by atoms with Crippen molar-refractivity contribution < 1.29 is 19.0 Å². The Kier molecular flexibility index (Phi) is 5.06. The summed E-state index contributed by atoms with van der Waals surface area (Å²) < 4.78 is 15.6. The molecule has 0 fully saturated rings. The standard InChI is InChI=1S/C15H15ClN2O4/c1-9(15(19)20-2)21-11-3-5-12(6-4-11)22-14-13(17)7-10(16)8-18-14/h3-9H,17H2,1-2H3. The number of esters is 1. The zero-order chi connectivity index (χ0) is 16.1. The van der Waals surface area contributed by atoms with Crippen molar-refractivity contribution in [1.82, 2.24) is 4.98 Å². The lowest BCUT2D eigenvalue weighted by Crippen LogP contribution is -2.24. The van der Waals surface area contributed by atoms with Gasteiger partial charge < -0.3 is 19.9 Å². The van der Waals surface area contributed by atoms with Gasteiger partial charge in [0.2, 0.25) is 5.88 Å². The van der Waals surface area contributed by atoms with Crippen LogP contribution in [-0.4, -0.2) is 24.2 Å². The van der Waals surface area contributed by atoms with Crippen LogP contribution >= 0.6 is 11.6 Å². The summed E-state index contributed by atoms with van der Waals surface area (Å²) in [4.78, 5) is 15.3. The quantitative estimate of drug-likeness (QED) is 0.852. The maximum absolute atomic E-state index is 11.3. The molecule has 22 heavy (non-hydrogen) atoms. The number of rotatable bonds is 5. The highest BCUT2D eigenvalue weighted by atomic mass is 35.5. The van der Waals surface area contributed by atoms with Crippen LogP contribution < -0.4 is 15.2 Å². The van der Waals surface area contributed by atoms with Crippen molar-refractivity contribution in [1.29, 1.82) is 0 Å². The Morgan fingerprint density at radius 1 is 1.27 bits per heavy atom. The first-order valence-corrected chi connectivity index (χ1v) is 6.81. The molecule has 0 aliphatic rings. The van der Waals surface area contributed by atoms with Crippen molar-refractivity contribution in [3.8, 4) is 17.4 Å². The second kappa shape index (κ2) is 7.00. The monoisotopic (exact) mass is 322 g/mol. The Hall–Kier alpha value is -2.47. The summed E-state index contributed by atoms with van der Waals surface area (Å²) in [7, 11) is 1.31. The third-order valence-corrected chi connectivity index (χ3v) is 2.94. The molecule has 0 aliphatic carbocycles. The molecule has 0 amide bonds. The number of pyridine rings is 1. The van der Waals surface area contributed by atoms with E-state index in [0.717, 1.165) is 0 Å². The molecule has 6 nitrogen and oxygen atoms in total. The first kappa shape index (κ1) is 15.9. The van der Waals surface area contributed by atoms with Crippen LogP contribution in [0.15, 0.2) is 36.5 Å². The van der Waals surface area contributed by atoms with Gasteiger partial charge in [0, 0.05) is 6.20 Å². The number of hydrogen-bond acceptors (Lipinski definition) is 6. The SMILES string of the molecule is COC(=O)C(C)Oc1ccc(Oc2ncc(Cl)cc2N)cc1. The number of hydrogen-bond donors (Lipinski definition) is 1. The maximum Gasteiger partial charge on any atom is 0.346 e. The van der Waals surface area contributed by atoms with Gasteiger partial charge in [-0.25, -0.2) is 9.78 Å². The molecular formula is C15H15ClN2O4. The van der Waals surface area contributed by atoms with Crippen LogP contribution in [0.3, 0.4) is 0 Å². The molecule has 0 bridgehead atoms. The minimum atomic E-state index is -0.689. The Labute approximate surface area is 132 Å². The van der Waals surface area contributed by atoms with Gasteiger partial charge in [-0.3, -0.25) is 0 Å². The molecule has 0 saturated heterocycles. The Balaban J connectivity index is 2.04. The smallest absolute Gasteiger partial charge is 0.346 e. The largest absolute Gasteiger partial charge is 0.479 e. The van der Waals surface area contributed by atoms with Crippen LogP contribution in [0.5, 0.6) is 17.4 Å². The van der Waals surface area contributed by atoms with Crippen LogP contribution in [0.25, 0.3) is 0 Å². The minimum absolute atomic E-state index is 0.265. The number of methoxy groups -OCH3 is 1. The van der Waals surface area contributed by atoms with Gasteiger partial charge in [0.25, 0.3) is 0 Å². The second-order valence-electron chi connectivity index (χ2n) is 4.40. The molecule has 116 valence electrons. The van der Waals surface area contributed by atoms with Gasteiger partial charge in [0.1, 0.15) is 11.5 Å². The van der Waals surface area contributed by atoms with Crippen LogP contribution in [0.1, 0.15) is 6.92 Å². The summed E-state index contributed by atoms with van der Waals surface area (Å²) in [6, 6.07) is 8.24. The average molecular weight is 323 g/mol. The molecule has 2 rings (SSSR count). The number of anilines is 1. The topological polar surface area (TPSA) is 83.7 Å². The van der Waals surface area contributed by atoms with Crippen molar-refractivity contribution in [2.45, 2.75) is 13.0 Å². The Morgan fingerprint density at radius 3 is 2.50 bits per heavy atom. The first-order chi connectivity index (χ1) is 10.5. The molecule has 0 spiro atoms. The van der Waals surface area contributed by atoms with Gasteiger partial charge in [-0.1, -0.05) is 11.6 Å². The summed E-state index contributed by atoms with van der Waals surface area (Å²) in [6.07, 6.45) is 0.758. The first-order valence-electron chi connectivity index (χ1n) is 6.43. The van der Waals surface area contributed by atoms with E-state index >= 15 is 0 Å². The number of ether oxygens (including phenoxy) is 3. The molecule has 0 radical (unpaired) electrons. The molecule has 1 atom stereocenters. The number of carbonyl (C=O) groups is 1. The summed E-state index contributed by atoms with van der Waals surface area (Å²) in [5, 5.41) is 0.436. The number of halogens is 1. The van der Waals surface area contributed by atoms with Gasteiger partial charge in [0.15, 0.2) is 6.10 Å². The van der Waals surface area contributed by atoms with Gasteiger partial charge in [-0.15, -0.1) is 0 Å². The predicted octanol–water partition coefficient (Wildman–Crippen LogP) is 3.05. The van der Waals surface area contributed by atoms with E-state index in [4.69, 9.17) is 26.8 Å². The second-order valence-corrected chi connectivity index (χ2v) is 4.84. The normalized spacial score (nSPS) is 11.6. The highest BCUT2D eigenvalue weighted by molar-refractivity contribution is 6.30. The maximum atomic E-state index is 11.3. The zero-order valence-corrected chi connectivity index (χ0v) is 12.8. The molecule has 1 heterocycles. The van der Waals surface area contributed by atoms with E-state index < -0.39 is 12.1 Å². The highest BCUT2D eigenvalue weighted by Gasteiger charge is 2.14. The summed E-state index contributed by atoms with van der Waals surface area (Å²) in [5.74, 6) is 0.862. The number of nitrogens with zero attached hydrogens (tertiary/aromatic N) is 1. The van der Waals surface area contributed by atoms with Gasteiger partial charge >= 0.3 is 5.97 Å². The molecule has 1 aromatic carbocycles. The molecule has 7 heteroatoms. The Bertz CT molecular complexity index is 661. The number of nitrogen functional groups attached to an aromatic ring is 1. The molecule has 1 aromatic heterocycles. The highest BCUT2D eigenvalue weighted by Crippen LogP contribution is 2.28. The number of carbonyl (C=O) groups excluding carboxylic acids is 1. The van der Waals surface area contributed by atoms with E-state index in [1.165, 1.54) is 13.3 Å². The van der Waals surface area contributed by atoms with Crippen LogP contribution in [0.4, 0.5) is 5.69 Å². The molecule has 1 unspecified atom stereocenters. The van der Waals surface area contributed by atoms with Crippen molar-refractivity contribution in [3.63, 3.8) is 0 Å². The third-order valence-electron chi connectivity index (χ3n) is 2.73. The van der Waals surface area contributed by atoms with Crippen LogP contribution in [-0.2, 0) is 9.53 Å². The lowest BCUT2D eigenvalue weighted by atomic mass is 10.3. The fourth-order valence-electron chi connectivity index (χ4n) is 1.64. The van der Waals surface area contributed by atoms with Gasteiger partial charge in [-0.05, 0) is 37.3 Å². The van der Waals surface area contributed by atoms with Crippen molar-refractivity contribution >= 4 is 23.3 Å². The van der Waals surface area contributed by atoms with E-state index in [-0.39, 0.29) is 5.88 Å². The fourth-order valence-corrected chi connectivity index (χ4v) is 1.81. The molecule has 2 aromatic rings. The summed E-state index contributed by atoms with van der Waals surface area (Å²) >= 11 is 5.77. The van der Waals surface area contributed by atoms with Gasteiger partial charge in [-0.2, -0.15) is 0 Å². The summed E-state index contributed by atoms with van der Waals surface area (Å²) in [5.41, 5.74) is 6.11. The molecule has 2 N–H and O–H groups in total. The fraction of sp³-hybridized carbons (Fsp3) is 0.200. The lowest BCUT2D eigenvalue weighted by Gasteiger charge is -2.13. The average Bonchev–Trinajstić information content (AvgIpc) is 2.51. The Morgan fingerprint density at radius 2 is 1.91 bits per heavy atom. The van der Waals surface area contributed by atoms with Crippen molar-refractivity contribution in [2.24, 2.45) is 0 Å². The third kappa shape index (κ3) is 4.02. The lowest BCUT2D eigenvalue weighted by molar-refractivity contribution is -0.147. The van der Waals surface area contributed by atoms with Crippen molar-refractivity contribution in [3.05, 3.63) is 41.6 Å². The number of nitrogens with two attached hydrogens (primary N) is 1. The zero-order valence-electron chi connectivity index (χ0n) is 12.1. The molecular weight excluding hydrogens is 308 g/mol. The van der Waals surface area contributed by atoms with E-state index in [1.807, 2.05) is 0 Å². The molecule has 0 aliphatic heterocycles. The number of aromatic nitrogens is 1. The minimum Gasteiger partial charge on any atom is -0.479 e. The predicted molar refractivity (Wildman–Crippen MR) is 82.3 cm³/mol. The van der Waals surface area contributed by atoms with Crippen LogP contribution in [0.2, 0.25) is 5.02 Å². The van der Waals surface area contributed by atoms with Crippen molar-refractivity contribution in [2.75, 3.05) is 12.8 Å². The van der Waals surface area contributed by atoms with E-state index in [9.17, 15) is 4.79 Å². The summed E-state index contributed by atoms with van der Waals surface area (Å²) in [6.45, 7) is 1.61. The van der Waals surface area contributed by atoms with E-state index in [2.05, 4.69) is 9.72 Å². The van der Waals surface area contributed by atoms with E-state index in [0.29, 0.717) is 22.2 Å². The van der Waals surface area contributed by atoms with Gasteiger partial charge in [0.05, 0.1) is 17.8 Å². The number of benzene rings is 1.